The fourth-order valence-corrected chi connectivity index (χ4v) is 3.58. The number of hydrogen-bond acceptors (Lipinski definition) is 4. The number of amides is 1. The molecule has 1 aliphatic heterocycles. The molecule has 1 amide bonds. The number of likely N-dealkylation sites (tertiary alicyclic amines) is 1. The molecule has 7 heteroatoms. The van der Waals surface area contributed by atoms with Crippen molar-refractivity contribution < 1.29 is 17.6 Å². The summed E-state index contributed by atoms with van der Waals surface area (Å²) in [6.07, 6.45) is 5.04. The van der Waals surface area contributed by atoms with Gasteiger partial charge in [0.15, 0.2) is 5.76 Å². The normalized spacial score (nSPS) is 20.3. The van der Waals surface area contributed by atoms with Crippen molar-refractivity contribution in [3.8, 4) is 0 Å². The highest BCUT2D eigenvalue weighted by atomic mass is 32.2. The lowest BCUT2D eigenvalue weighted by molar-refractivity contribution is 0.0644. The minimum Gasteiger partial charge on any atom is -0.455 e. The van der Waals surface area contributed by atoms with Crippen molar-refractivity contribution in [2.75, 3.05) is 6.54 Å². The minimum atomic E-state index is -3.87. The Morgan fingerprint density at radius 2 is 2.14 bits per heavy atom. The molecule has 0 aromatic carbocycles. The SMILES string of the molecule is CCC1CCCCCN1C(=O)c1cc(S(N)(=O)=O)c(C)o1. The molecule has 118 valence electrons. The van der Waals surface area contributed by atoms with E-state index < -0.39 is 10.0 Å². The fourth-order valence-electron chi connectivity index (χ4n) is 2.86. The first-order chi connectivity index (χ1) is 9.84. The molecule has 2 heterocycles. The van der Waals surface area contributed by atoms with Crippen LogP contribution >= 0.6 is 0 Å². The van der Waals surface area contributed by atoms with Crippen molar-refractivity contribution in [3.63, 3.8) is 0 Å². The molecule has 0 bridgehead atoms. The summed E-state index contributed by atoms with van der Waals surface area (Å²) < 4.78 is 28.2. The zero-order chi connectivity index (χ0) is 15.6. The van der Waals surface area contributed by atoms with Crippen LogP contribution in [0.3, 0.4) is 0 Å². The Balaban J connectivity index is 2.30. The molecular weight excluding hydrogens is 292 g/mol. The van der Waals surface area contributed by atoms with Gasteiger partial charge in [0.1, 0.15) is 10.7 Å². The van der Waals surface area contributed by atoms with Crippen LogP contribution in [0.15, 0.2) is 15.4 Å². The van der Waals surface area contributed by atoms with Gasteiger partial charge in [-0.05, 0) is 26.2 Å². The Bertz CT molecular complexity index is 621. The van der Waals surface area contributed by atoms with Crippen LogP contribution in [0.2, 0.25) is 0 Å². The van der Waals surface area contributed by atoms with Gasteiger partial charge in [-0.1, -0.05) is 19.8 Å². The van der Waals surface area contributed by atoms with Crippen molar-refractivity contribution in [3.05, 3.63) is 17.6 Å². The molecular formula is C14H22N2O4S. The molecule has 2 rings (SSSR count). The second-order valence-electron chi connectivity index (χ2n) is 5.49. The Hall–Kier alpha value is -1.34. The van der Waals surface area contributed by atoms with E-state index in [1.165, 1.54) is 13.0 Å². The van der Waals surface area contributed by atoms with Gasteiger partial charge in [0.2, 0.25) is 10.0 Å². The van der Waals surface area contributed by atoms with Gasteiger partial charge >= 0.3 is 0 Å². The maximum absolute atomic E-state index is 12.6. The summed E-state index contributed by atoms with van der Waals surface area (Å²) in [5.41, 5.74) is 0. The van der Waals surface area contributed by atoms with Crippen LogP contribution in [0.25, 0.3) is 0 Å². The molecule has 0 saturated carbocycles. The zero-order valence-electron chi connectivity index (χ0n) is 12.5. The third kappa shape index (κ3) is 3.47. The zero-order valence-corrected chi connectivity index (χ0v) is 13.3. The Morgan fingerprint density at radius 1 is 1.43 bits per heavy atom. The highest BCUT2D eigenvalue weighted by Crippen LogP contribution is 2.24. The van der Waals surface area contributed by atoms with Crippen molar-refractivity contribution in [2.45, 2.75) is 56.9 Å². The minimum absolute atomic E-state index is 0.0527. The number of rotatable bonds is 3. The summed E-state index contributed by atoms with van der Waals surface area (Å²) in [6.45, 7) is 4.23. The smallest absolute Gasteiger partial charge is 0.289 e. The van der Waals surface area contributed by atoms with E-state index in [1.54, 1.807) is 4.90 Å². The summed E-state index contributed by atoms with van der Waals surface area (Å²) in [7, 11) is -3.87. The second-order valence-corrected chi connectivity index (χ2v) is 7.02. The molecule has 0 spiro atoms. The molecule has 1 aromatic heterocycles. The van der Waals surface area contributed by atoms with Crippen LogP contribution in [0.1, 0.15) is 55.3 Å². The van der Waals surface area contributed by atoms with Gasteiger partial charge in [0.25, 0.3) is 5.91 Å². The lowest BCUT2D eigenvalue weighted by Crippen LogP contribution is -2.39. The van der Waals surface area contributed by atoms with E-state index in [9.17, 15) is 13.2 Å². The summed E-state index contributed by atoms with van der Waals surface area (Å²) in [5, 5.41) is 5.12. The molecule has 21 heavy (non-hydrogen) atoms. The second kappa shape index (κ2) is 6.19. The Labute approximate surface area is 125 Å². The van der Waals surface area contributed by atoms with Crippen LogP contribution in [0.5, 0.6) is 0 Å². The first-order valence-corrected chi connectivity index (χ1v) is 8.83. The van der Waals surface area contributed by atoms with Gasteiger partial charge in [0, 0.05) is 18.7 Å². The topological polar surface area (TPSA) is 93.6 Å². The maximum Gasteiger partial charge on any atom is 0.289 e. The first kappa shape index (κ1) is 16.0. The molecule has 0 aliphatic carbocycles. The predicted octanol–water partition coefficient (Wildman–Crippen LogP) is 2.03. The predicted molar refractivity (Wildman–Crippen MR) is 78.4 cm³/mol. The molecule has 1 saturated heterocycles. The van der Waals surface area contributed by atoms with E-state index in [2.05, 4.69) is 6.92 Å². The van der Waals surface area contributed by atoms with Crippen LogP contribution in [0.4, 0.5) is 0 Å². The molecule has 1 atom stereocenters. The number of nitrogens with zero attached hydrogens (tertiary/aromatic N) is 1. The number of carbonyl (C=O) groups excluding carboxylic acids is 1. The molecule has 6 nitrogen and oxygen atoms in total. The summed E-state index contributed by atoms with van der Waals surface area (Å²) >= 11 is 0. The van der Waals surface area contributed by atoms with Crippen molar-refractivity contribution in [1.29, 1.82) is 0 Å². The highest BCUT2D eigenvalue weighted by Gasteiger charge is 2.29. The van der Waals surface area contributed by atoms with Crippen LogP contribution in [0, 0.1) is 6.92 Å². The van der Waals surface area contributed by atoms with Gasteiger partial charge in [-0.2, -0.15) is 0 Å². The first-order valence-electron chi connectivity index (χ1n) is 7.28. The van der Waals surface area contributed by atoms with Crippen LogP contribution < -0.4 is 5.14 Å². The van der Waals surface area contributed by atoms with Crippen molar-refractivity contribution in [2.24, 2.45) is 5.14 Å². The molecule has 0 radical (unpaired) electrons. The van der Waals surface area contributed by atoms with E-state index in [0.29, 0.717) is 6.54 Å². The average molecular weight is 314 g/mol. The van der Waals surface area contributed by atoms with E-state index in [0.717, 1.165) is 32.1 Å². The average Bonchev–Trinajstić information content (AvgIpc) is 2.67. The largest absolute Gasteiger partial charge is 0.455 e. The van der Waals surface area contributed by atoms with E-state index >= 15 is 0 Å². The number of sulfonamides is 1. The number of aryl methyl sites for hydroxylation is 1. The number of carbonyl (C=O) groups is 1. The lowest BCUT2D eigenvalue weighted by atomic mass is 10.1. The van der Waals surface area contributed by atoms with Gasteiger partial charge < -0.3 is 9.32 Å². The molecule has 1 fully saturated rings. The molecule has 1 aromatic rings. The standard InChI is InChI=1S/C14H22N2O4S/c1-3-11-7-5-4-6-8-16(11)14(17)12-9-13(10(2)20-12)21(15,18)19/h9,11H,3-8H2,1-2H3,(H2,15,18,19). The summed E-state index contributed by atoms with van der Waals surface area (Å²) in [5.74, 6) is -0.0395. The third-order valence-electron chi connectivity index (χ3n) is 4.00. The van der Waals surface area contributed by atoms with E-state index in [1.807, 2.05) is 0 Å². The van der Waals surface area contributed by atoms with Crippen molar-refractivity contribution in [1.82, 2.24) is 4.90 Å². The number of primary sulfonamides is 1. The number of hydrogen-bond donors (Lipinski definition) is 1. The van der Waals surface area contributed by atoms with Gasteiger partial charge in [-0.25, -0.2) is 13.6 Å². The van der Waals surface area contributed by atoms with Gasteiger partial charge in [-0.3, -0.25) is 4.79 Å². The van der Waals surface area contributed by atoms with Crippen LogP contribution in [-0.2, 0) is 10.0 Å². The molecule has 1 unspecified atom stereocenters. The van der Waals surface area contributed by atoms with Gasteiger partial charge in [0.05, 0.1) is 0 Å². The monoisotopic (exact) mass is 314 g/mol. The Morgan fingerprint density at radius 3 is 2.71 bits per heavy atom. The Kier molecular flexibility index (Phi) is 4.73. The number of furan rings is 1. The van der Waals surface area contributed by atoms with E-state index in [-0.39, 0.29) is 28.4 Å². The van der Waals surface area contributed by atoms with Crippen molar-refractivity contribution >= 4 is 15.9 Å². The maximum atomic E-state index is 12.6. The van der Waals surface area contributed by atoms with Gasteiger partial charge in [-0.15, -0.1) is 0 Å². The van der Waals surface area contributed by atoms with E-state index in [4.69, 9.17) is 9.56 Å². The highest BCUT2D eigenvalue weighted by molar-refractivity contribution is 7.89. The quantitative estimate of drug-likeness (QED) is 0.923. The third-order valence-corrected chi connectivity index (χ3v) is 5.02. The lowest BCUT2D eigenvalue weighted by Gasteiger charge is -2.28. The van der Waals surface area contributed by atoms with Crippen LogP contribution in [-0.4, -0.2) is 31.8 Å². The summed E-state index contributed by atoms with van der Waals surface area (Å²) in [4.78, 5) is 14.3. The summed E-state index contributed by atoms with van der Waals surface area (Å²) in [6, 6.07) is 1.42. The number of nitrogens with two attached hydrogens (primary N) is 1. The fraction of sp³-hybridized carbons (Fsp3) is 0.643. The molecule has 1 aliphatic rings. The molecule has 2 N–H and O–H groups in total.